The van der Waals surface area contributed by atoms with Crippen LogP contribution >= 0.6 is 0 Å². The third kappa shape index (κ3) is 13.1. The predicted octanol–water partition coefficient (Wildman–Crippen LogP) is 3.79. The standard InChI is InChI=1S/C16H28O4/c1-4-11-16(20-15(3)18)12-9-7-5-6-8-10-13-19-14(2)17/h4,16H,1,5-13H2,2-3H3. The van der Waals surface area contributed by atoms with Crippen LogP contribution in [0.15, 0.2) is 12.7 Å². The molecule has 0 aromatic rings. The predicted molar refractivity (Wildman–Crippen MR) is 79.3 cm³/mol. The average molecular weight is 284 g/mol. The van der Waals surface area contributed by atoms with Gasteiger partial charge < -0.3 is 9.47 Å². The van der Waals surface area contributed by atoms with Crippen molar-refractivity contribution >= 4 is 11.9 Å². The Kier molecular flexibility index (Phi) is 11.9. The number of ether oxygens (including phenoxy) is 2. The first kappa shape index (κ1) is 18.7. The van der Waals surface area contributed by atoms with Crippen molar-refractivity contribution in [2.75, 3.05) is 6.61 Å². The van der Waals surface area contributed by atoms with Gasteiger partial charge >= 0.3 is 11.9 Å². The summed E-state index contributed by atoms with van der Waals surface area (Å²) < 4.78 is 10.1. The molecular weight excluding hydrogens is 256 g/mol. The first-order chi connectivity index (χ1) is 9.56. The Bertz CT molecular complexity index is 286. The fourth-order valence-electron chi connectivity index (χ4n) is 2.04. The van der Waals surface area contributed by atoms with Crippen LogP contribution < -0.4 is 0 Å². The first-order valence-electron chi connectivity index (χ1n) is 7.47. The van der Waals surface area contributed by atoms with Crippen LogP contribution in [0.5, 0.6) is 0 Å². The quantitative estimate of drug-likeness (QED) is 0.311. The van der Waals surface area contributed by atoms with Crippen molar-refractivity contribution in [2.45, 2.75) is 71.3 Å². The van der Waals surface area contributed by atoms with Crippen molar-refractivity contribution < 1.29 is 19.1 Å². The van der Waals surface area contributed by atoms with Crippen LogP contribution in [0, 0.1) is 0 Å². The largest absolute Gasteiger partial charge is 0.466 e. The molecule has 1 unspecified atom stereocenters. The zero-order valence-electron chi connectivity index (χ0n) is 12.9. The fraction of sp³-hybridized carbons (Fsp3) is 0.750. The molecule has 1 atom stereocenters. The Hall–Kier alpha value is -1.32. The number of carbonyl (C=O) groups excluding carboxylic acids is 2. The number of unbranched alkanes of at least 4 members (excludes halogenated alkanes) is 5. The molecule has 116 valence electrons. The monoisotopic (exact) mass is 284 g/mol. The van der Waals surface area contributed by atoms with Gasteiger partial charge in [0, 0.05) is 20.3 Å². The van der Waals surface area contributed by atoms with E-state index in [4.69, 9.17) is 9.47 Å². The molecule has 0 rings (SSSR count). The molecule has 0 radical (unpaired) electrons. The van der Waals surface area contributed by atoms with Gasteiger partial charge in [0.25, 0.3) is 0 Å². The highest BCUT2D eigenvalue weighted by atomic mass is 16.5. The number of carbonyl (C=O) groups is 2. The third-order valence-corrected chi connectivity index (χ3v) is 2.99. The van der Waals surface area contributed by atoms with Crippen LogP contribution in [-0.4, -0.2) is 24.6 Å². The minimum atomic E-state index is -0.220. The summed E-state index contributed by atoms with van der Waals surface area (Å²) in [4.78, 5) is 21.5. The van der Waals surface area contributed by atoms with Crippen LogP contribution in [0.1, 0.15) is 65.2 Å². The molecule has 20 heavy (non-hydrogen) atoms. The molecule has 0 aromatic heterocycles. The van der Waals surface area contributed by atoms with Gasteiger partial charge in [-0.25, -0.2) is 0 Å². The second-order valence-corrected chi connectivity index (χ2v) is 5.01. The lowest BCUT2D eigenvalue weighted by atomic mass is 10.1. The molecular formula is C16H28O4. The number of esters is 2. The van der Waals surface area contributed by atoms with Gasteiger partial charge in [0.05, 0.1) is 6.61 Å². The highest BCUT2D eigenvalue weighted by molar-refractivity contribution is 5.66. The first-order valence-corrected chi connectivity index (χ1v) is 7.47. The summed E-state index contributed by atoms with van der Waals surface area (Å²) in [6.07, 6.45) is 9.96. The number of rotatable bonds is 12. The summed E-state index contributed by atoms with van der Waals surface area (Å²) >= 11 is 0. The van der Waals surface area contributed by atoms with E-state index in [0.29, 0.717) is 6.61 Å². The van der Waals surface area contributed by atoms with Crippen LogP contribution in [-0.2, 0) is 19.1 Å². The van der Waals surface area contributed by atoms with Gasteiger partial charge in [0.2, 0.25) is 0 Å². The lowest BCUT2D eigenvalue weighted by Crippen LogP contribution is -2.15. The van der Waals surface area contributed by atoms with E-state index >= 15 is 0 Å². The zero-order valence-corrected chi connectivity index (χ0v) is 12.9. The second-order valence-electron chi connectivity index (χ2n) is 5.01. The van der Waals surface area contributed by atoms with E-state index in [-0.39, 0.29) is 18.0 Å². The highest BCUT2D eigenvalue weighted by Gasteiger charge is 2.09. The second kappa shape index (κ2) is 12.7. The summed E-state index contributed by atoms with van der Waals surface area (Å²) in [5.41, 5.74) is 0. The average Bonchev–Trinajstić information content (AvgIpc) is 2.35. The van der Waals surface area contributed by atoms with E-state index in [2.05, 4.69) is 6.58 Å². The van der Waals surface area contributed by atoms with Crippen molar-refractivity contribution in [3.63, 3.8) is 0 Å². The molecule has 4 heteroatoms. The van der Waals surface area contributed by atoms with Crippen molar-refractivity contribution in [1.82, 2.24) is 0 Å². The lowest BCUT2D eigenvalue weighted by Gasteiger charge is -2.14. The van der Waals surface area contributed by atoms with Gasteiger partial charge in [-0.3, -0.25) is 9.59 Å². The van der Waals surface area contributed by atoms with Crippen LogP contribution in [0.4, 0.5) is 0 Å². The molecule has 0 aromatic carbocycles. The molecule has 0 bridgehead atoms. The highest BCUT2D eigenvalue weighted by Crippen LogP contribution is 2.13. The van der Waals surface area contributed by atoms with Gasteiger partial charge in [-0.15, -0.1) is 6.58 Å². The Morgan fingerprint density at radius 1 is 1.00 bits per heavy atom. The Labute approximate surface area is 122 Å². The minimum Gasteiger partial charge on any atom is -0.466 e. The van der Waals surface area contributed by atoms with Crippen LogP contribution in [0.25, 0.3) is 0 Å². The summed E-state index contributed by atoms with van der Waals surface area (Å²) in [6.45, 7) is 7.09. The van der Waals surface area contributed by atoms with E-state index in [9.17, 15) is 9.59 Å². The van der Waals surface area contributed by atoms with E-state index in [1.54, 1.807) is 6.08 Å². The zero-order chi connectivity index (χ0) is 15.2. The molecule has 0 aliphatic carbocycles. The molecule has 0 spiro atoms. The summed E-state index contributed by atoms with van der Waals surface area (Å²) in [5, 5.41) is 0. The molecule has 0 N–H and O–H groups in total. The maximum Gasteiger partial charge on any atom is 0.302 e. The third-order valence-electron chi connectivity index (χ3n) is 2.99. The Morgan fingerprint density at radius 3 is 2.15 bits per heavy atom. The van der Waals surface area contributed by atoms with Gasteiger partial charge in [0.15, 0.2) is 0 Å². The number of hydrogen-bond donors (Lipinski definition) is 0. The summed E-state index contributed by atoms with van der Waals surface area (Å²) in [6, 6.07) is 0. The summed E-state index contributed by atoms with van der Waals surface area (Å²) in [5.74, 6) is -0.425. The summed E-state index contributed by atoms with van der Waals surface area (Å²) in [7, 11) is 0. The Morgan fingerprint density at radius 2 is 1.60 bits per heavy atom. The molecule has 0 heterocycles. The topological polar surface area (TPSA) is 52.6 Å². The molecule has 0 amide bonds. The fourth-order valence-corrected chi connectivity index (χ4v) is 2.04. The van der Waals surface area contributed by atoms with Gasteiger partial charge in [-0.1, -0.05) is 31.8 Å². The molecule has 0 fully saturated rings. The minimum absolute atomic E-state index is 0.0195. The van der Waals surface area contributed by atoms with Crippen LogP contribution in [0.3, 0.4) is 0 Å². The van der Waals surface area contributed by atoms with Gasteiger partial charge in [-0.2, -0.15) is 0 Å². The van der Waals surface area contributed by atoms with Gasteiger partial charge in [0.1, 0.15) is 6.10 Å². The number of hydrogen-bond acceptors (Lipinski definition) is 4. The smallest absolute Gasteiger partial charge is 0.302 e. The maximum atomic E-state index is 10.9. The SMILES string of the molecule is C=CCC(CCCCCCCCOC(C)=O)OC(C)=O. The van der Waals surface area contributed by atoms with Crippen molar-refractivity contribution in [3.05, 3.63) is 12.7 Å². The molecule has 0 aliphatic rings. The van der Waals surface area contributed by atoms with Crippen LogP contribution in [0.2, 0.25) is 0 Å². The van der Waals surface area contributed by atoms with E-state index in [1.807, 2.05) is 0 Å². The molecule has 0 aliphatic heterocycles. The van der Waals surface area contributed by atoms with Gasteiger partial charge in [-0.05, 0) is 19.3 Å². The van der Waals surface area contributed by atoms with E-state index in [1.165, 1.54) is 20.3 Å². The molecule has 0 saturated carbocycles. The van der Waals surface area contributed by atoms with E-state index in [0.717, 1.165) is 44.9 Å². The van der Waals surface area contributed by atoms with Crippen molar-refractivity contribution in [2.24, 2.45) is 0 Å². The Balaban J connectivity index is 3.42. The molecule has 4 nitrogen and oxygen atoms in total. The molecule has 0 saturated heterocycles. The van der Waals surface area contributed by atoms with Crippen molar-refractivity contribution in [3.8, 4) is 0 Å². The van der Waals surface area contributed by atoms with E-state index < -0.39 is 0 Å². The maximum absolute atomic E-state index is 10.9. The lowest BCUT2D eigenvalue weighted by molar-refractivity contribution is -0.146. The van der Waals surface area contributed by atoms with Crippen molar-refractivity contribution in [1.29, 1.82) is 0 Å². The normalized spacial score (nSPS) is 11.7.